The second kappa shape index (κ2) is 9.23. The number of aryl methyl sites for hydroxylation is 1. The van der Waals surface area contributed by atoms with Crippen molar-refractivity contribution < 1.29 is 18.7 Å². The molecule has 0 aliphatic carbocycles. The Morgan fingerprint density at radius 1 is 1.20 bits per heavy atom. The molecule has 0 saturated carbocycles. The number of rotatable bonds is 6. The SMILES string of the molecule is COc1cc(C#N)ccc1Cn1nc(C)c(NC(=O)c2cc(C(N)=O)nc3cc(F)ccc23)c1C. The number of ether oxygens (including phenoxy) is 1. The van der Waals surface area contributed by atoms with E-state index in [1.54, 1.807) is 36.7 Å². The molecule has 0 saturated heterocycles. The van der Waals surface area contributed by atoms with Crippen LogP contribution in [-0.2, 0) is 6.54 Å². The van der Waals surface area contributed by atoms with Gasteiger partial charge in [0.25, 0.3) is 11.8 Å². The van der Waals surface area contributed by atoms with Gasteiger partial charge in [-0.15, -0.1) is 0 Å². The minimum absolute atomic E-state index is 0.129. The van der Waals surface area contributed by atoms with E-state index in [1.807, 2.05) is 0 Å². The number of hydrogen-bond acceptors (Lipinski definition) is 6. The molecule has 0 aliphatic heterocycles. The maximum Gasteiger partial charge on any atom is 0.267 e. The molecule has 0 fully saturated rings. The van der Waals surface area contributed by atoms with E-state index in [2.05, 4.69) is 21.5 Å². The van der Waals surface area contributed by atoms with Crippen LogP contribution in [0.4, 0.5) is 10.1 Å². The van der Waals surface area contributed by atoms with E-state index in [4.69, 9.17) is 15.7 Å². The monoisotopic (exact) mass is 472 g/mol. The molecule has 0 unspecified atom stereocenters. The molecule has 4 aromatic rings. The molecule has 0 aliphatic rings. The van der Waals surface area contributed by atoms with Gasteiger partial charge in [0, 0.05) is 17.0 Å². The van der Waals surface area contributed by atoms with E-state index < -0.39 is 17.6 Å². The maximum absolute atomic E-state index is 13.7. The van der Waals surface area contributed by atoms with E-state index in [1.165, 1.54) is 25.3 Å². The van der Waals surface area contributed by atoms with E-state index >= 15 is 0 Å². The Bertz CT molecular complexity index is 1540. The molecule has 0 spiro atoms. The van der Waals surface area contributed by atoms with Crippen LogP contribution >= 0.6 is 0 Å². The predicted octanol–water partition coefficient (Wildman–Crippen LogP) is 3.47. The van der Waals surface area contributed by atoms with Crippen LogP contribution < -0.4 is 15.8 Å². The highest BCUT2D eigenvalue weighted by molar-refractivity contribution is 6.14. The lowest BCUT2D eigenvalue weighted by atomic mass is 10.1. The average molecular weight is 472 g/mol. The van der Waals surface area contributed by atoms with Gasteiger partial charge in [-0.2, -0.15) is 10.4 Å². The first-order valence-corrected chi connectivity index (χ1v) is 10.5. The fraction of sp³-hybridized carbons (Fsp3) is 0.160. The molecule has 2 aromatic heterocycles. The number of nitrogens with two attached hydrogens (primary N) is 1. The molecule has 9 nitrogen and oxygen atoms in total. The summed E-state index contributed by atoms with van der Waals surface area (Å²) >= 11 is 0. The lowest BCUT2D eigenvalue weighted by Crippen LogP contribution is -2.18. The number of halogens is 1. The van der Waals surface area contributed by atoms with Crippen molar-refractivity contribution in [3.05, 3.63) is 82.1 Å². The zero-order valence-electron chi connectivity index (χ0n) is 19.2. The highest BCUT2D eigenvalue weighted by atomic mass is 19.1. The summed E-state index contributed by atoms with van der Waals surface area (Å²) in [5, 5.41) is 16.9. The maximum atomic E-state index is 13.7. The molecule has 35 heavy (non-hydrogen) atoms. The van der Waals surface area contributed by atoms with Gasteiger partial charge < -0.3 is 15.8 Å². The first-order chi connectivity index (χ1) is 16.7. The zero-order valence-corrected chi connectivity index (χ0v) is 19.2. The van der Waals surface area contributed by atoms with E-state index in [0.29, 0.717) is 40.3 Å². The van der Waals surface area contributed by atoms with Crippen molar-refractivity contribution in [2.45, 2.75) is 20.4 Å². The van der Waals surface area contributed by atoms with Gasteiger partial charge in [-0.05, 0) is 44.2 Å². The molecule has 4 rings (SSSR count). The smallest absolute Gasteiger partial charge is 0.267 e. The lowest BCUT2D eigenvalue weighted by molar-refractivity contribution is 0.0996. The zero-order chi connectivity index (χ0) is 25.3. The summed E-state index contributed by atoms with van der Waals surface area (Å²) in [6, 6.07) is 12.3. The number of amides is 2. The van der Waals surface area contributed by atoms with Crippen molar-refractivity contribution in [1.29, 1.82) is 5.26 Å². The molecule has 2 aromatic carbocycles. The summed E-state index contributed by atoms with van der Waals surface area (Å²) in [4.78, 5) is 29.0. The Hall–Kier alpha value is -4.78. The van der Waals surface area contributed by atoms with E-state index in [0.717, 1.165) is 11.6 Å². The molecule has 176 valence electrons. The number of aromatic nitrogens is 3. The normalized spacial score (nSPS) is 10.7. The molecule has 0 atom stereocenters. The van der Waals surface area contributed by atoms with Gasteiger partial charge >= 0.3 is 0 Å². The number of methoxy groups -OCH3 is 1. The van der Waals surface area contributed by atoms with Gasteiger partial charge in [0.1, 0.15) is 17.3 Å². The fourth-order valence-corrected chi connectivity index (χ4v) is 3.83. The predicted molar refractivity (Wildman–Crippen MR) is 127 cm³/mol. The quantitative estimate of drug-likeness (QED) is 0.441. The Labute approximate surface area is 199 Å². The van der Waals surface area contributed by atoms with E-state index in [-0.39, 0.29) is 16.8 Å². The van der Waals surface area contributed by atoms with Gasteiger partial charge in [-0.1, -0.05) is 6.07 Å². The third-order valence-electron chi connectivity index (χ3n) is 5.63. The second-order valence-electron chi connectivity index (χ2n) is 7.88. The van der Waals surface area contributed by atoms with Crippen LogP contribution in [-0.4, -0.2) is 33.7 Å². The number of nitrogens with zero attached hydrogens (tertiary/aromatic N) is 4. The topological polar surface area (TPSA) is 136 Å². The van der Waals surface area contributed by atoms with Crippen molar-refractivity contribution in [3.63, 3.8) is 0 Å². The summed E-state index contributed by atoms with van der Waals surface area (Å²) in [6.45, 7) is 3.91. The average Bonchev–Trinajstić information content (AvgIpc) is 3.10. The molecule has 0 radical (unpaired) electrons. The number of primary amides is 1. The number of carbonyl (C=O) groups is 2. The number of benzene rings is 2. The van der Waals surface area contributed by atoms with Gasteiger partial charge in [0.05, 0.1) is 53.4 Å². The minimum atomic E-state index is -0.832. The summed E-state index contributed by atoms with van der Waals surface area (Å²) in [6.07, 6.45) is 0. The number of nitrogens with one attached hydrogen (secondary N) is 1. The number of pyridine rings is 1. The first-order valence-electron chi connectivity index (χ1n) is 10.5. The molecule has 10 heteroatoms. The van der Waals surface area contributed by atoms with Crippen molar-refractivity contribution >= 4 is 28.4 Å². The summed E-state index contributed by atoms with van der Waals surface area (Å²) in [7, 11) is 1.53. The van der Waals surface area contributed by atoms with Gasteiger partial charge in [0.2, 0.25) is 0 Å². The van der Waals surface area contributed by atoms with Gasteiger partial charge in [-0.25, -0.2) is 9.37 Å². The standard InChI is InChI=1S/C25H21FN6O3/c1-13-23(14(2)32(31-13)12-16-5-4-15(11-27)8-22(16)35-3)30-25(34)19-10-21(24(28)33)29-20-9-17(26)6-7-18(19)20/h4-10H,12H2,1-3H3,(H2,28,33)(H,30,34). The fourth-order valence-electron chi connectivity index (χ4n) is 3.83. The van der Waals surface area contributed by atoms with Crippen LogP contribution in [0.25, 0.3) is 10.9 Å². The van der Waals surface area contributed by atoms with Crippen molar-refractivity contribution in [1.82, 2.24) is 14.8 Å². The number of carbonyl (C=O) groups excluding carboxylic acids is 2. The van der Waals surface area contributed by atoms with Crippen molar-refractivity contribution in [2.75, 3.05) is 12.4 Å². The number of anilines is 1. The minimum Gasteiger partial charge on any atom is -0.496 e. The Morgan fingerprint density at radius 3 is 2.66 bits per heavy atom. The molecule has 3 N–H and O–H groups in total. The molecule has 0 bridgehead atoms. The Morgan fingerprint density at radius 2 is 1.97 bits per heavy atom. The van der Waals surface area contributed by atoms with Gasteiger partial charge in [0.15, 0.2) is 0 Å². The number of nitriles is 1. The van der Waals surface area contributed by atoms with Crippen LogP contribution in [0, 0.1) is 31.0 Å². The Balaban J connectivity index is 1.69. The third-order valence-corrected chi connectivity index (χ3v) is 5.63. The molecular weight excluding hydrogens is 451 g/mol. The van der Waals surface area contributed by atoms with Crippen LogP contribution in [0.5, 0.6) is 5.75 Å². The highest BCUT2D eigenvalue weighted by Crippen LogP contribution is 2.27. The summed E-state index contributed by atoms with van der Waals surface area (Å²) < 4.78 is 20.9. The lowest BCUT2D eigenvalue weighted by Gasteiger charge is -2.12. The molecule has 2 heterocycles. The Kier molecular flexibility index (Phi) is 6.16. The van der Waals surface area contributed by atoms with E-state index in [9.17, 15) is 14.0 Å². The first kappa shape index (κ1) is 23.4. The third kappa shape index (κ3) is 4.52. The van der Waals surface area contributed by atoms with Crippen molar-refractivity contribution in [3.8, 4) is 11.8 Å². The van der Waals surface area contributed by atoms with Crippen LogP contribution in [0.2, 0.25) is 0 Å². The largest absolute Gasteiger partial charge is 0.496 e. The summed E-state index contributed by atoms with van der Waals surface area (Å²) in [5.41, 5.74) is 8.52. The van der Waals surface area contributed by atoms with Crippen molar-refractivity contribution in [2.24, 2.45) is 5.73 Å². The van der Waals surface area contributed by atoms with Crippen LogP contribution in [0.15, 0.2) is 42.5 Å². The summed E-state index contributed by atoms with van der Waals surface area (Å²) in [5.74, 6) is -1.35. The number of fused-ring (bicyclic) bond motifs is 1. The molecular formula is C25H21FN6O3. The van der Waals surface area contributed by atoms with Crippen LogP contribution in [0.1, 0.15) is 43.4 Å². The number of hydrogen-bond donors (Lipinski definition) is 2. The molecule has 2 amide bonds. The van der Waals surface area contributed by atoms with Gasteiger partial charge in [-0.3, -0.25) is 14.3 Å². The highest BCUT2D eigenvalue weighted by Gasteiger charge is 2.20. The second-order valence-corrected chi connectivity index (χ2v) is 7.88. The van der Waals surface area contributed by atoms with Crippen LogP contribution in [0.3, 0.4) is 0 Å².